The molecule has 6 heteroatoms. The fourth-order valence-electron chi connectivity index (χ4n) is 2.74. The lowest BCUT2D eigenvalue weighted by molar-refractivity contribution is 0.107. The van der Waals surface area contributed by atoms with Crippen LogP contribution in [0.1, 0.15) is 16.7 Å². The van der Waals surface area contributed by atoms with Crippen LogP contribution in [0.5, 0.6) is 5.75 Å². The first kappa shape index (κ1) is 22.7. The number of ether oxygens (including phenoxy) is 2. The van der Waals surface area contributed by atoms with Crippen molar-refractivity contribution in [2.24, 2.45) is 10.7 Å². The number of halogens is 1. The van der Waals surface area contributed by atoms with Gasteiger partial charge in [0.1, 0.15) is 5.75 Å². The minimum Gasteiger partial charge on any atom is -0.497 e. The number of nitrogens with zero attached hydrogens (tertiary/aromatic N) is 1. The molecule has 0 aromatic heterocycles. The van der Waals surface area contributed by atoms with Crippen molar-refractivity contribution in [2.45, 2.75) is 19.8 Å². The maximum Gasteiger partial charge on any atom is 0.193 e. The van der Waals surface area contributed by atoms with Crippen LogP contribution in [0.15, 0.2) is 83.9 Å². The highest BCUT2D eigenvalue weighted by Crippen LogP contribution is 2.16. The summed E-state index contributed by atoms with van der Waals surface area (Å²) in [5.41, 5.74) is 10.2. The average molecular weight is 503 g/mol. The first-order valence-electron chi connectivity index (χ1n) is 9.13. The number of rotatable bonds is 8. The second-order valence-corrected chi connectivity index (χ2v) is 6.36. The third kappa shape index (κ3) is 7.75. The lowest BCUT2D eigenvalue weighted by Crippen LogP contribution is -2.22. The minimum absolute atomic E-state index is 0. The molecule has 152 valence electrons. The molecule has 0 bridgehead atoms. The van der Waals surface area contributed by atoms with E-state index in [0.29, 0.717) is 25.7 Å². The van der Waals surface area contributed by atoms with Gasteiger partial charge in [-0.2, -0.15) is 0 Å². The number of anilines is 1. The molecule has 0 spiro atoms. The van der Waals surface area contributed by atoms with E-state index in [9.17, 15) is 0 Å². The van der Waals surface area contributed by atoms with Crippen LogP contribution in [-0.2, 0) is 24.5 Å². The van der Waals surface area contributed by atoms with Crippen LogP contribution in [0.25, 0.3) is 0 Å². The van der Waals surface area contributed by atoms with E-state index in [1.54, 1.807) is 7.11 Å². The largest absolute Gasteiger partial charge is 0.497 e. The van der Waals surface area contributed by atoms with Gasteiger partial charge in [0.15, 0.2) is 5.96 Å². The molecule has 0 heterocycles. The van der Waals surface area contributed by atoms with Gasteiger partial charge >= 0.3 is 0 Å². The molecule has 0 saturated heterocycles. The van der Waals surface area contributed by atoms with E-state index in [0.717, 1.165) is 22.6 Å². The Morgan fingerprint density at radius 3 is 2.34 bits per heavy atom. The standard InChI is InChI=1S/C23H25N3O2.HI/c1-27-22-12-6-11-21(14-22)26-23(24)25-15-19-9-5-10-20(13-19)17-28-16-18-7-3-2-4-8-18;/h2-14H,15-17H2,1H3,(H3,24,25,26);1H. The Morgan fingerprint density at radius 1 is 0.862 bits per heavy atom. The van der Waals surface area contributed by atoms with Gasteiger partial charge in [-0.05, 0) is 28.8 Å². The minimum atomic E-state index is 0. The monoisotopic (exact) mass is 503 g/mol. The zero-order chi connectivity index (χ0) is 19.6. The maximum atomic E-state index is 6.00. The van der Waals surface area contributed by atoms with Gasteiger partial charge in [0.25, 0.3) is 0 Å². The van der Waals surface area contributed by atoms with Gasteiger partial charge in [-0.3, -0.25) is 0 Å². The highest BCUT2D eigenvalue weighted by atomic mass is 127. The second kappa shape index (κ2) is 12.1. The fraction of sp³-hybridized carbons (Fsp3) is 0.174. The van der Waals surface area contributed by atoms with Crippen LogP contribution < -0.4 is 15.8 Å². The molecule has 3 aromatic carbocycles. The number of aliphatic imine (C=N–C) groups is 1. The quantitative estimate of drug-likeness (QED) is 0.259. The van der Waals surface area contributed by atoms with Gasteiger partial charge in [0.2, 0.25) is 0 Å². The molecule has 0 aliphatic carbocycles. The predicted molar refractivity (Wildman–Crippen MR) is 129 cm³/mol. The molecule has 0 saturated carbocycles. The van der Waals surface area contributed by atoms with Gasteiger partial charge in [0, 0.05) is 11.8 Å². The summed E-state index contributed by atoms with van der Waals surface area (Å²) in [6.45, 7) is 1.65. The van der Waals surface area contributed by atoms with Gasteiger partial charge in [-0.15, -0.1) is 24.0 Å². The van der Waals surface area contributed by atoms with Crippen LogP contribution in [0.4, 0.5) is 5.69 Å². The lowest BCUT2D eigenvalue weighted by atomic mass is 10.1. The zero-order valence-electron chi connectivity index (χ0n) is 16.4. The third-order valence-electron chi connectivity index (χ3n) is 4.15. The Hall–Kier alpha value is -2.58. The third-order valence-corrected chi connectivity index (χ3v) is 4.15. The van der Waals surface area contributed by atoms with Crippen molar-refractivity contribution in [3.05, 3.63) is 95.6 Å². The first-order valence-corrected chi connectivity index (χ1v) is 9.13. The summed E-state index contributed by atoms with van der Waals surface area (Å²) in [7, 11) is 1.63. The number of benzene rings is 3. The molecular weight excluding hydrogens is 477 g/mol. The molecule has 0 aliphatic rings. The Balaban J connectivity index is 0.00000300. The first-order chi connectivity index (χ1) is 13.7. The van der Waals surface area contributed by atoms with E-state index in [2.05, 4.69) is 34.6 Å². The molecule has 3 rings (SSSR count). The lowest BCUT2D eigenvalue weighted by Gasteiger charge is -2.08. The van der Waals surface area contributed by atoms with Gasteiger partial charge in [-0.1, -0.05) is 60.7 Å². The van der Waals surface area contributed by atoms with Crippen LogP contribution in [0, 0.1) is 0 Å². The molecule has 29 heavy (non-hydrogen) atoms. The molecule has 0 amide bonds. The Labute approximate surface area is 189 Å². The Kier molecular flexibility index (Phi) is 9.46. The van der Waals surface area contributed by atoms with E-state index in [4.69, 9.17) is 15.2 Å². The van der Waals surface area contributed by atoms with Gasteiger partial charge in [0.05, 0.1) is 26.9 Å². The number of nitrogens with two attached hydrogens (primary N) is 1. The summed E-state index contributed by atoms with van der Waals surface area (Å²) in [4.78, 5) is 4.42. The number of hydrogen-bond acceptors (Lipinski definition) is 3. The highest BCUT2D eigenvalue weighted by molar-refractivity contribution is 14.0. The van der Waals surface area contributed by atoms with Crippen LogP contribution in [0.2, 0.25) is 0 Å². The number of guanidine groups is 1. The summed E-state index contributed by atoms with van der Waals surface area (Å²) in [6, 6.07) is 25.9. The Bertz CT molecular complexity index is 917. The topological polar surface area (TPSA) is 68.9 Å². The second-order valence-electron chi connectivity index (χ2n) is 6.36. The molecule has 0 atom stereocenters. The van der Waals surface area contributed by atoms with Crippen molar-refractivity contribution < 1.29 is 9.47 Å². The van der Waals surface area contributed by atoms with Crippen LogP contribution >= 0.6 is 24.0 Å². The van der Waals surface area contributed by atoms with Gasteiger partial charge < -0.3 is 20.5 Å². The summed E-state index contributed by atoms with van der Waals surface area (Å²) in [5.74, 6) is 1.12. The van der Waals surface area contributed by atoms with Crippen molar-refractivity contribution in [2.75, 3.05) is 12.4 Å². The van der Waals surface area contributed by atoms with Crippen molar-refractivity contribution in [1.82, 2.24) is 0 Å². The summed E-state index contributed by atoms with van der Waals surface area (Å²) in [6.07, 6.45) is 0. The molecule has 3 aromatic rings. The summed E-state index contributed by atoms with van der Waals surface area (Å²) in [5, 5.41) is 3.08. The zero-order valence-corrected chi connectivity index (χ0v) is 18.7. The molecule has 5 nitrogen and oxygen atoms in total. The van der Waals surface area contributed by atoms with E-state index in [1.807, 2.05) is 54.6 Å². The van der Waals surface area contributed by atoms with Gasteiger partial charge in [-0.25, -0.2) is 4.99 Å². The number of hydrogen-bond donors (Lipinski definition) is 2. The number of nitrogens with one attached hydrogen (secondary N) is 1. The SMILES string of the molecule is COc1cccc(NC(N)=NCc2cccc(COCc3ccccc3)c2)c1.I. The van der Waals surface area contributed by atoms with Crippen molar-refractivity contribution in [1.29, 1.82) is 0 Å². The molecular formula is C23H26IN3O2. The fourth-order valence-corrected chi connectivity index (χ4v) is 2.74. The average Bonchev–Trinajstić information content (AvgIpc) is 2.73. The number of methoxy groups -OCH3 is 1. The van der Waals surface area contributed by atoms with E-state index in [1.165, 1.54) is 5.56 Å². The van der Waals surface area contributed by atoms with Crippen molar-refractivity contribution in [3.8, 4) is 5.75 Å². The highest BCUT2D eigenvalue weighted by Gasteiger charge is 2.00. The molecule has 0 fully saturated rings. The Morgan fingerprint density at radius 2 is 1.55 bits per heavy atom. The molecule has 0 unspecified atom stereocenters. The molecule has 3 N–H and O–H groups in total. The summed E-state index contributed by atoms with van der Waals surface area (Å²) >= 11 is 0. The van der Waals surface area contributed by atoms with E-state index >= 15 is 0 Å². The molecule has 0 aliphatic heterocycles. The van der Waals surface area contributed by atoms with E-state index in [-0.39, 0.29) is 24.0 Å². The van der Waals surface area contributed by atoms with Crippen LogP contribution in [0.3, 0.4) is 0 Å². The van der Waals surface area contributed by atoms with Crippen LogP contribution in [-0.4, -0.2) is 13.1 Å². The molecule has 0 radical (unpaired) electrons. The summed E-state index contributed by atoms with van der Waals surface area (Å²) < 4.78 is 11.0. The maximum absolute atomic E-state index is 6.00. The smallest absolute Gasteiger partial charge is 0.193 e. The predicted octanol–water partition coefficient (Wildman–Crippen LogP) is 4.96. The van der Waals surface area contributed by atoms with Crippen molar-refractivity contribution >= 4 is 35.6 Å². The van der Waals surface area contributed by atoms with E-state index < -0.39 is 0 Å². The normalized spacial score (nSPS) is 10.9. The van der Waals surface area contributed by atoms with Crippen molar-refractivity contribution in [3.63, 3.8) is 0 Å².